The van der Waals surface area contributed by atoms with Crippen LogP contribution in [0.25, 0.3) is 0 Å². The van der Waals surface area contributed by atoms with Crippen LogP contribution in [0.1, 0.15) is 20.3 Å². The van der Waals surface area contributed by atoms with Crippen molar-refractivity contribution in [3.8, 4) is 0 Å². The molecular formula is C11H18N4O. The fourth-order valence-corrected chi connectivity index (χ4v) is 1.13. The first-order valence-electron chi connectivity index (χ1n) is 5.51. The molecule has 0 saturated heterocycles. The number of anilines is 1. The Morgan fingerprint density at radius 2 is 2.25 bits per heavy atom. The van der Waals surface area contributed by atoms with Gasteiger partial charge in [-0.25, -0.2) is 4.98 Å². The summed E-state index contributed by atoms with van der Waals surface area (Å²) in [7, 11) is 0. The zero-order chi connectivity index (χ0) is 11.8. The number of carbonyl (C=O) groups is 1. The van der Waals surface area contributed by atoms with Crippen LogP contribution in [0.3, 0.4) is 0 Å². The van der Waals surface area contributed by atoms with E-state index in [1.54, 1.807) is 18.6 Å². The van der Waals surface area contributed by atoms with Crippen LogP contribution < -0.4 is 10.6 Å². The molecule has 5 nitrogen and oxygen atoms in total. The van der Waals surface area contributed by atoms with Crippen molar-refractivity contribution in [2.75, 3.05) is 18.4 Å². The summed E-state index contributed by atoms with van der Waals surface area (Å²) in [5.41, 5.74) is 0. The van der Waals surface area contributed by atoms with E-state index < -0.39 is 0 Å². The maximum Gasteiger partial charge on any atom is 0.222 e. The van der Waals surface area contributed by atoms with Gasteiger partial charge >= 0.3 is 0 Å². The maximum absolute atomic E-state index is 11.4. The molecule has 2 N–H and O–H groups in total. The highest BCUT2D eigenvalue weighted by Gasteiger charge is 2.08. The number of hydrogen-bond donors (Lipinski definition) is 2. The lowest BCUT2D eigenvalue weighted by molar-refractivity contribution is -0.124. The molecule has 1 amide bonds. The molecule has 5 heteroatoms. The van der Waals surface area contributed by atoms with Crippen molar-refractivity contribution in [3.05, 3.63) is 18.6 Å². The van der Waals surface area contributed by atoms with Gasteiger partial charge in [0.15, 0.2) is 0 Å². The monoisotopic (exact) mass is 222 g/mol. The summed E-state index contributed by atoms with van der Waals surface area (Å²) in [5, 5.41) is 5.92. The number of hydrogen-bond acceptors (Lipinski definition) is 4. The summed E-state index contributed by atoms with van der Waals surface area (Å²) in [6.45, 7) is 5.17. The third-order valence-corrected chi connectivity index (χ3v) is 2.35. The van der Waals surface area contributed by atoms with Crippen LogP contribution in [0.15, 0.2) is 18.6 Å². The van der Waals surface area contributed by atoms with E-state index in [1.165, 1.54) is 0 Å². The molecule has 1 heterocycles. The minimum absolute atomic E-state index is 0.0801. The van der Waals surface area contributed by atoms with Crippen molar-refractivity contribution < 1.29 is 4.79 Å². The van der Waals surface area contributed by atoms with Gasteiger partial charge in [-0.3, -0.25) is 9.78 Å². The molecule has 16 heavy (non-hydrogen) atoms. The molecular weight excluding hydrogens is 204 g/mol. The lowest BCUT2D eigenvalue weighted by Crippen LogP contribution is -2.32. The molecule has 0 fully saturated rings. The van der Waals surface area contributed by atoms with Crippen molar-refractivity contribution in [1.82, 2.24) is 15.3 Å². The second-order valence-electron chi connectivity index (χ2n) is 3.62. The number of rotatable bonds is 6. The molecule has 1 aromatic heterocycles. The Morgan fingerprint density at radius 1 is 1.44 bits per heavy atom. The maximum atomic E-state index is 11.4. The zero-order valence-corrected chi connectivity index (χ0v) is 9.73. The topological polar surface area (TPSA) is 66.9 Å². The van der Waals surface area contributed by atoms with Gasteiger partial charge in [0.1, 0.15) is 5.82 Å². The smallest absolute Gasteiger partial charge is 0.222 e. The quantitative estimate of drug-likeness (QED) is 0.706. The van der Waals surface area contributed by atoms with Gasteiger partial charge in [-0.1, -0.05) is 13.8 Å². The summed E-state index contributed by atoms with van der Waals surface area (Å²) in [4.78, 5) is 19.4. The average molecular weight is 222 g/mol. The van der Waals surface area contributed by atoms with Crippen molar-refractivity contribution in [2.45, 2.75) is 20.3 Å². The van der Waals surface area contributed by atoms with Crippen LogP contribution >= 0.6 is 0 Å². The summed E-state index contributed by atoms with van der Waals surface area (Å²) in [5.74, 6) is 0.903. The normalized spacial score (nSPS) is 11.9. The lowest BCUT2D eigenvalue weighted by Gasteiger charge is -2.10. The van der Waals surface area contributed by atoms with Gasteiger partial charge in [-0.2, -0.15) is 0 Å². The SMILES string of the molecule is CC[C@H](C)C(=O)NCCNc1cnccn1. The van der Waals surface area contributed by atoms with Crippen molar-refractivity contribution in [2.24, 2.45) is 5.92 Å². The van der Waals surface area contributed by atoms with Crippen LogP contribution in [0.5, 0.6) is 0 Å². The molecule has 88 valence electrons. The van der Waals surface area contributed by atoms with E-state index in [2.05, 4.69) is 20.6 Å². The Balaban J connectivity index is 2.15. The Bertz CT molecular complexity index is 315. The van der Waals surface area contributed by atoms with Crippen LogP contribution in [-0.4, -0.2) is 29.0 Å². The van der Waals surface area contributed by atoms with Gasteiger partial charge < -0.3 is 10.6 Å². The average Bonchev–Trinajstić information content (AvgIpc) is 2.34. The highest BCUT2D eigenvalue weighted by Crippen LogP contribution is 1.99. The molecule has 0 aliphatic heterocycles. The van der Waals surface area contributed by atoms with E-state index in [-0.39, 0.29) is 11.8 Å². The summed E-state index contributed by atoms with van der Waals surface area (Å²) in [6.07, 6.45) is 5.76. The summed E-state index contributed by atoms with van der Waals surface area (Å²) < 4.78 is 0. The molecule has 0 bridgehead atoms. The van der Waals surface area contributed by atoms with E-state index in [4.69, 9.17) is 0 Å². The predicted molar refractivity (Wildman–Crippen MR) is 63.0 cm³/mol. The van der Waals surface area contributed by atoms with Gasteiger partial charge in [-0.05, 0) is 6.42 Å². The lowest BCUT2D eigenvalue weighted by atomic mass is 10.1. The van der Waals surface area contributed by atoms with Gasteiger partial charge in [0.25, 0.3) is 0 Å². The fourth-order valence-electron chi connectivity index (χ4n) is 1.13. The number of carbonyl (C=O) groups excluding carboxylic acids is 1. The molecule has 1 atom stereocenters. The van der Waals surface area contributed by atoms with E-state index in [1.807, 2.05) is 13.8 Å². The minimum atomic E-state index is 0.0801. The first-order valence-corrected chi connectivity index (χ1v) is 5.51. The van der Waals surface area contributed by atoms with Gasteiger partial charge in [0.2, 0.25) is 5.91 Å². The first kappa shape index (κ1) is 12.4. The van der Waals surface area contributed by atoms with Crippen LogP contribution in [0, 0.1) is 5.92 Å². The predicted octanol–water partition coefficient (Wildman–Crippen LogP) is 1.05. The third-order valence-electron chi connectivity index (χ3n) is 2.35. The van der Waals surface area contributed by atoms with E-state index >= 15 is 0 Å². The van der Waals surface area contributed by atoms with Crippen LogP contribution in [0.2, 0.25) is 0 Å². The van der Waals surface area contributed by atoms with Gasteiger partial charge in [0, 0.05) is 31.4 Å². The number of amides is 1. The molecule has 0 radical (unpaired) electrons. The first-order chi connectivity index (χ1) is 7.74. The standard InChI is InChI=1S/C11H18N4O/c1-3-9(2)11(16)15-7-6-14-10-8-12-4-5-13-10/h4-5,8-9H,3,6-7H2,1-2H3,(H,13,14)(H,15,16)/t9-/m0/s1. The minimum Gasteiger partial charge on any atom is -0.367 e. The molecule has 0 aliphatic rings. The Hall–Kier alpha value is -1.65. The molecule has 1 aromatic rings. The summed E-state index contributed by atoms with van der Waals surface area (Å²) >= 11 is 0. The molecule has 0 aromatic carbocycles. The Morgan fingerprint density at radius 3 is 2.88 bits per heavy atom. The van der Waals surface area contributed by atoms with Gasteiger partial charge in [0.05, 0.1) is 6.20 Å². The van der Waals surface area contributed by atoms with E-state index in [0.29, 0.717) is 13.1 Å². The molecule has 0 unspecified atom stereocenters. The molecule has 0 saturated carbocycles. The number of nitrogens with one attached hydrogen (secondary N) is 2. The molecule has 0 spiro atoms. The summed E-state index contributed by atoms with van der Waals surface area (Å²) in [6, 6.07) is 0. The Kier molecular flexibility index (Phi) is 5.25. The van der Waals surface area contributed by atoms with Crippen molar-refractivity contribution in [1.29, 1.82) is 0 Å². The highest BCUT2D eigenvalue weighted by molar-refractivity contribution is 5.78. The zero-order valence-electron chi connectivity index (χ0n) is 9.73. The van der Waals surface area contributed by atoms with Gasteiger partial charge in [-0.15, -0.1) is 0 Å². The fraction of sp³-hybridized carbons (Fsp3) is 0.545. The highest BCUT2D eigenvalue weighted by atomic mass is 16.1. The molecule has 0 aliphatic carbocycles. The van der Waals surface area contributed by atoms with Crippen LogP contribution in [0.4, 0.5) is 5.82 Å². The number of nitrogens with zero attached hydrogens (tertiary/aromatic N) is 2. The third kappa shape index (κ3) is 4.25. The van der Waals surface area contributed by atoms with E-state index in [9.17, 15) is 4.79 Å². The largest absolute Gasteiger partial charge is 0.367 e. The van der Waals surface area contributed by atoms with Crippen molar-refractivity contribution >= 4 is 11.7 Å². The second-order valence-corrected chi connectivity index (χ2v) is 3.62. The van der Waals surface area contributed by atoms with Crippen LogP contribution in [-0.2, 0) is 4.79 Å². The van der Waals surface area contributed by atoms with Crippen molar-refractivity contribution in [3.63, 3.8) is 0 Å². The second kappa shape index (κ2) is 6.76. The Labute approximate surface area is 95.7 Å². The van der Waals surface area contributed by atoms with E-state index in [0.717, 1.165) is 12.2 Å². The number of aromatic nitrogens is 2. The molecule has 1 rings (SSSR count).